The molecular weight excluding hydrogens is 212 g/mol. The van der Waals surface area contributed by atoms with Gasteiger partial charge in [-0.2, -0.15) is 5.10 Å². The lowest BCUT2D eigenvalue weighted by Gasteiger charge is -2.26. The largest absolute Gasteiger partial charge is 0.316 e. The van der Waals surface area contributed by atoms with E-state index in [0.717, 1.165) is 18.9 Å². The van der Waals surface area contributed by atoms with E-state index < -0.39 is 0 Å². The lowest BCUT2D eigenvalue weighted by molar-refractivity contribution is 0.385. The van der Waals surface area contributed by atoms with Gasteiger partial charge in [0.1, 0.15) is 5.82 Å². The summed E-state index contributed by atoms with van der Waals surface area (Å²) in [4.78, 5) is 4.79. The molecule has 2 heterocycles. The van der Waals surface area contributed by atoms with Crippen LogP contribution in [-0.2, 0) is 12.5 Å². The Hall–Kier alpha value is -0.900. The highest BCUT2D eigenvalue weighted by Crippen LogP contribution is 2.34. The smallest absolute Gasteiger partial charge is 0.153 e. The van der Waals surface area contributed by atoms with Gasteiger partial charge in [0.25, 0.3) is 0 Å². The fourth-order valence-corrected chi connectivity index (χ4v) is 2.85. The Labute approximate surface area is 104 Å². The van der Waals surface area contributed by atoms with Crippen LogP contribution in [0.3, 0.4) is 0 Å². The van der Waals surface area contributed by atoms with Crippen molar-refractivity contribution in [1.29, 1.82) is 0 Å². The van der Waals surface area contributed by atoms with Crippen molar-refractivity contribution in [2.75, 3.05) is 13.1 Å². The van der Waals surface area contributed by atoms with E-state index >= 15 is 0 Å². The number of nitrogens with zero attached hydrogens (tertiary/aromatic N) is 3. The molecule has 0 aromatic carbocycles. The Morgan fingerprint density at radius 3 is 2.71 bits per heavy atom. The van der Waals surface area contributed by atoms with Crippen LogP contribution in [0, 0.1) is 0 Å². The van der Waals surface area contributed by atoms with E-state index in [1.54, 1.807) is 0 Å². The van der Waals surface area contributed by atoms with Crippen LogP contribution < -0.4 is 5.32 Å². The van der Waals surface area contributed by atoms with Crippen molar-refractivity contribution < 1.29 is 0 Å². The first kappa shape index (κ1) is 12.6. The van der Waals surface area contributed by atoms with E-state index in [1.807, 2.05) is 11.7 Å². The summed E-state index contributed by atoms with van der Waals surface area (Å²) < 4.78 is 2.00. The van der Waals surface area contributed by atoms with Gasteiger partial charge in [-0.05, 0) is 19.4 Å². The molecule has 1 saturated heterocycles. The van der Waals surface area contributed by atoms with Gasteiger partial charge < -0.3 is 5.32 Å². The summed E-state index contributed by atoms with van der Waals surface area (Å²) in [6.07, 6.45) is 3.58. The first-order valence-corrected chi connectivity index (χ1v) is 6.71. The lowest BCUT2D eigenvalue weighted by Crippen LogP contribution is -2.32. The van der Waals surface area contributed by atoms with Gasteiger partial charge >= 0.3 is 0 Å². The Kier molecular flexibility index (Phi) is 3.52. The molecule has 0 amide bonds. The van der Waals surface area contributed by atoms with Crippen LogP contribution >= 0.6 is 0 Å². The second-order valence-electron chi connectivity index (χ2n) is 5.53. The summed E-state index contributed by atoms with van der Waals surface area (Å²) in [6.45, 7) is 8.70. The third kappa shape index (κ3) is 2.23. The average Bonchev–Trinajstić information content (AvgIpc) is 2.86. The van der Waals surface area contributed by atoms with E-state index in [-0.39, 0.29) is 5.41 Å². The summed E-state index contributed by atoms with van der Waals surface area (Å²) in [5, 5.41) is 8.04. The van der Waals surface area contributed by atoms with Gasteiger partial charge in [0.05, 0.1) is 0 Å². The Balaban J connectivity index is 2.36. The maximum atomic E-state index is 4.79. The second kappa shape index (κ2) is 4.77. The second-order valence-corrected chi connectivity index (χ2v) is 5.53. The average molecular weight is 236 g/mol. The minimum Gasteiger partial charge on any atom is -0.316 e. The van der Waals surface area contributed by atoms with Crippen LogP contribution in [0.2, 0.25) is 0 Å². The SMILES string of the molecule is CCCC1(c2nc(C(C)C)nn2C)CCNC1. The Morgan fingerprint density at radius 2 is 2.24 bits per heavy atom. The van der Waals surface area contributed by atoms with Crippen molar-refractivity contribution in [2.24, 2.45) is 7.05 Å². The molecule has 96 valence electrons. The number of aryl methyl sites for hydroxylation is 1. The maximum Gasteiger partial charge on any atom is 0.153 e. The monoisotopic (exact) mass is 236 g/mol. The molecule has 0 radical (unpaired) electrons. The molecule has 1 aliphatic rings. The van der Waals surface area contributed by atoms with Crippen molar-refractivity contribution in [3.63, 3.8) is 0 Å². The zero-order valence-electron chi connectivity index (χ0n) is 11.5. The maximum absolute atomic E-state index is 4.79. The minimum absolute atomic E-state index is 0.212. The molecule has 1 aromatic rings. The molecular formula is C13H24N4. The molecule has 1 aromatic heterocycles. The van der Waals surface area contributed by atoms with Crippen molar-refractivity contribution in [3.8, 4) is 0 Å². The number of aromatic nitrogens is 3. The lowest BCUT2D eigenvalue weighted by atomic mass is 9.81. The molecule has 0 bridgehead atoms. The van der Waals surface area contributed by atoms with Gasteiger partial charge in [-0.1, -0.05) is 27.2 Å². The predicted octanol–water partition coefficient (Wildman–Crippen LogP) is 1.97. The van der Waals surface area contributed by atoms with E-state index in [2.05, 4.69) is 31.2 Å². The third-order valence-electron chi connectivity index (χ3n) is 3.74. The summed E-state index contributed by atoms with van der Waals surface area (Å²) in [5.74, 6) is 2.56. The quantitative estimate of drug-likeness (QED) is 0.869. The summed E-state index contributed by atoms with van der Waals surface area (Å²) >= 11 is 0. The van der Waals surface area contributed by atoms with Crippen molar-refractivity contribution >= 4 is 0 Å². The number of hydrogen-bond acceptors (Lipinski definition) is 3. The van der Waals surface area contributed by atoms with Gasteiger partial charge in [0.15, 0.2) is 5.82 Å². The van der Waals surface area contributed by atoms with Gasteiger partial charge in [-0.15, -0.1) is 0 Å². The van der Waals surface area contributed by atoms with Crippen LogP contribution in [0.15, 0.2) is 0 Å². The molecule has 4 nitrogen and oxygen atoms in total. The molecule has 0 spiro atoms. The summed E-state index contributed by atoms with van der Waals surface area (Å²) in [7, 11) is 2.03. The topological polar surface area (TPSA) is 42.7 Å². The van der Waals surface area contributed by atoms with Crippen molar-refractivity contribution in [1.82, 2.24) is 20.1 Å². The molecule has 4 heteroatoms. The minimum atomic E-state index is 0.212. The van der Waals surface area contributed by atoms with Crippen LogP contribution in [0.1, 0.15) is 57.6 Å². The third-order valence-corrected chi connectivity index (χ3v) is 3.74. The fourth-order valence-electron chi connectivity index (χ4n) is 2.85. The predicted molar refractivity (Wildman–Crippen MR) is 69.2 cm³/mol. The highest BCUT2D eigenvalue weighted by atomic mass is 15.3. The van der Waals surface area contributed by atoms with E-state index in [1.165, 1.54) is 25.1 Å². The molecule has 17 heavy (non-hydrogen) atoms. The standard InChI is InChI=1S/C13H24N4/c1-5-6-13(7-8-14-9-13)12-15-11(10(2)3)16-17(12)4/h10,14H,5-9H2,1-4H3. The van der Waals surface area contributed by atoms with E-state index in [4.69, 9.17) is 4.98 Å². The fraction of sp³-hybridized carbons (Fsp3) is 0.846. The molecule has 1 unspecified atom stereocenters. The van der Waals surface area contributed by atoms with E-state index in [9.17, 15) is 0 Å². The summed E-state index contributed by atoms with van der Waals surface area (Å²) in [5.41, 5.74) is 0.212. The van der Waals surface area contributed by atoms with Gasteiger partial charge in [-0.25, -0.2) is 4.98 Å². The van der Waals surface area contributed by atoms with Crippen molar-refractivity contribution in [2.45, 2.75) is 51.4 Å². The van der Waals surface area contributed by atoms with Crippen LogP contribution in [0.4, 0.5) is 0 Å². The highest BCUT2D eigenvalue weighted by Gasteiger charge is 2.39. The molecule has 0 saturated carbocycles. The number of rotatable bonds is 4. The zero-order valence-corrected chi connectivity index (χ0v) is 11.5. The van der Waals surface area contributed by atoms with Crippen molar-refractivity contribution in [3.05, 3.63) is 11.6 Å². The van der Waals surface area contributed by atoms with Gasteiger partial charge in [0.2, 0.25) is 0 Å². The van der Waals surface area contributed by atoms with Crippen LogP contribution in [0.25, 0.3) is 0 Å². The highest BCUT2D eigenvalue weighted by molar-refractivity contribution is 5.14. The molecule has 1 fully saturated rings. The normalized spacial score (nSPS) is 24.8. The van der Waals surface area contributed by atoms with Gasteiger partial charge in [0, 0.05) is 24.9 Å². The zero-order chi connectivity index (χ0) is 12.5. The Morgan fingerprint density at radius 1 is 1.47 bits per heavy atom. The number of hydrogen-bond donors (Lipinski definition) is 1. The Bertz CT molecular complexity index is 375. The molecule has 0 aliphatic carbocycles. The van der Waals surface area contributed by atoms with Crippen LogP contribution in [0.5, 0.6) is 0 Å². The molecule has 1 N–H and O–H groups in total. The van der Waals surface area contributed by atoms with Gasteiger partial charge in [-0.3, -0.25) is 4.68 Å². The summed E-state index contributed by atoms with van der Waals surface area (Å²) in [6, 6.07) is 0. The first-order valence-electron chi connectivity index (χ1n) is 6.71. The molecule has 2 rings (SSSR count). The molecule has 1 atom stereocenters. The number of nitrogens with one attached hydrogen (secondary N) is 1. The van der Waals surface area contributed by atoms with Crippen LogP contribution in [-0.4, -0.2) is 27.9 Å². The molecule has 1 aliphatic heterocycles. The van der Waals surface area contributed by atoms with E-state index in [0.29, 0.717) is 5.92 Å². The first-order chi connectivity index (χ1) is 8.09.